The van der Waals surface area contributed by atoms with Gasteiger partial charge in [-0.1, -0.05) is 58.4 Å². The first kappa shape index (κ1) is 36.4. The number of Topliss-reactive ketones (excluding diaryl/α,β-unsaturated/α-hetero) is 1. The summed E-state index contributed by atoms with van der Waals surface area (Å²) in [7, 11) is 1.48. The number of hydrogen-bond donors (Lipinski definition) is 3. The predicted molar refractivity (Wildman–Crippen MR) is 194 cm³/mol. The van der Waals surface area contributed by atoms with Crippen LogP contribution in [0.5, 0.6) is 23.0 Å². The van der Waals surface area contributed by atoms with Gasteiger partial charge in [0.15, 0.2) is 11.5 Å². The Bertz CT molecular complexity index is 1830. The molecule has 0 aliphatic heterocycles. The molecule has 0 radical (unpaired) electrons. The minimum Gasteiger partial charge on any atom is -0.493 e. The summed E-state index contributed by atoms with van der Waals surface area (Å²) in [5, 5.41) is 17.6. The lowest BCUT2D eigenvalue weighted by molar-refractivity contribution is -0.150. The molecule has 4 aromatic carbocycles. The molecular weight excluding hydrogens is 704 g/mol. The second-order valence-corrected chi connectivity index (χ2v) is 13.1. The van der Waals surface area contributed by atoms with Crippen LogP contribution in [-0.4, -0.2) is 48.6 Å². The molecule has 0 aromatic heterocycles. The first-order valence-electron chi connectivity index (χ1n) is 16.4. The van der Waals surface area contributed by atoms with Crippen LogP contribution in [0, 0.1) is 11.8 Å². The number of halogens is 1. The number of aliphatic hydroxyl groups is 1. The normalized spacial score (nSPS) is 20.0. The molecule has 50 heavy (non-hydrogen) atoms. The van der Waals surface area contributed by atoms with Gasteiger partial charge in [0.1, 0.15) is 29.8 Å². The van der Waals surface area contributed by atoms with E-state index in [-0.39, 0.29) is 6.61 Å². The van der Waals surface area contributed by atoms with Crippen molar-refractivity contribution in [1.29, 1.82) is 0 Å². The van der Waals surface area contributed by atoms with Gasteiger partial charge in [0, 0.05) is 16.8 Å². The average molecular weight is 746 g/mol. The van der Waals surface area contributed by atoms with Crippen molar-refractivity contribution in [3.8, 4) is 23.0 Å². The molecule has 2 amide bonds. The number of anilines is 2. The Morgan fingerprint density at radius 3 is 1.96 bits per heavy atom. The molecule has 0 spiro atoms. The van der Waals surface area contributed by atoms with E-state index < -0.39 is 47.4 Å². The molecule has 3 N–H and O–H groups in total. The third-order valence-corrected chi connectivity index (χ3v) is 9.13. The van der Waals surface area contributed by atoms with E-state index in [9.17, 15) is 19.5 Å². The number of benzene rings is 4. The van der Waals surface area contributed by atoms with Crippen LogP contribution in [0.4, 0.5) is 11.4 Å². The second kappa shape index (κ2) is 16.2. The summed E-state index contributed by atoms with van der Waals surface area (Å²) in [5.41, 5.74) is 0.316. The summed E-state index contributed by atoms with van der Waals surface area (Å²) in [6.07, 6.45) is -0.425. The molecule has 1 saturated carbocycles. The van der Waals surface area contributed by atoms with Gasteiger partial charge >= 0.3 is 0 Å². The molecule has 1 aliphatic carbocycles. The molecule has 11 heteroatoms. The fourth-order valence-electron chi connectivity index (χ4n) is 6.37. The van der Waals surface area contributed by atoms with Crippen LogP contribution in [0.15, 0.2) is 95.5 Å². The standard InChI is InChI=1S/C39H41BrN2O8/c1-5-48-30-13-9-7-11-27(30)41-37(44)35-29(43)22-39(3,46)36(38(45)42-28-12-8-10-14-31(28)49-6-2)34(35)25-17-20-32(33(21-25)47-4)50-23-24-15-18-26(40)19-16-24/h7-21,34-36,46H,5-6,22-23H2,1-4H3,(H,41,44)(H,42,45). The number of amides is 2. The van der Waals surface area contributed by atoms with Crippen LogP contribution in [0.1, 0.15) is 44.2 Å². The van der Waals surface area contributed by atoms with Gasteiger partial charge in [0.05, 0.1) is 43.2 Å². The van der Waals surface area contributed by atoms with E-state index >= 15 is 0 Å². The highest BCUT2D eigenvalue weighted by Crippen LogP contribution is 2.48. The minimum absolute atomic E-state index is 0.258. The van der Waals surface area contributed by atoms with Crippen molar-refractivity contribution in [1.82, 2.24) is 0 Å². The van der Waals surface area contributed by atoms with Gasteiger partial charge in [-0.2, -0.15) is 0 Å². The van der Waals surface area contributed by atoms with E-state index in [0.717, 1.165) is 10.0 Å². The van der Waals surface area contributed by atoms with Gasteiger partial charge in [-0.15, -0.1) is 0 Å². The molecule has 262 valence electrons. The van der Waals surface area contributed by atoms with Gasteiger partial charge in [-0.25, -0.2) is 0 Å². The summed E-state index contributed by atoms with van der Waals surface area (Å²) in [4.78, 5) is 42.5. The van der Waals surface area contributed by atoms with Crippen molar-refractivity contribution in [2.75, 3.05) is 31.0 Å². The quantitative estimate of drug-likeness (QED) is 0.123. The van der Waals surface area contributed by atoms with Gasteiger partial charge in [0.2, 0.25) is 11.8 Å². The van der Waals surface area contributed by atoms with Crippen molar-refractivity contribution in [3.63, 3.8) is 0 Å². The molecule has 0 bridgehead atoms. The highest BCUT2D eigenvalue weighted by atomic mass is 79.9. The number of ether oxygens (including phenoxy) is 4. The summed E-state index contributed by atoms with van der Waals surface area (Å²) < 4.78 is 24.2. The van der Waals surface area contributed by atoms with Crippen molar-refractivity contribution in [3.05, 3.63) is 107 Å². The maximum Gasteiger partial charge on any atom is 0.235 e. The fraction of sp³-hybridized carbons (Fsp3) is 0.308. The smallest absolute Gasteiger partial charge is 0.235 e. The van der Waals surface area contributed by atoms with E-state index in [1.165, 1.54) is 14.0 Å². The Balaban J connectivity index is 1.57. The van der Waals surface area contributed by atoms with Crippen LogP contribution < -0.4 is 29.6 Å². The van der Waals surface area contributed by atoms with Crippen molar-refractivity contribution >= 4 is 44.9 Å². The SMILES string of the molecule is CCOc1ccccc1NC(=O)C1C(=O)CC(C)(O)C(C(=O)Nc2ccccc2OCC)C1c1ccc(OCc2ccc(Br)cc2)c(OC)c1. The lowest BCUT2D eigenvalue weighted by Gasteiger charge is -2.44. The van der Waals surface area contributed by atoms with Crippen LogP contribution in [0.3, 0.4) is 0 Å². The summed E-state index contributed by atoms with van der Waals surface area (Å²) in [6.45, 7) is 6.09. The van der Waals surface area contributed by atoms with Crippen LogP contribution in [0.2, 0.25) is 0 Å². The number of nitrogens with one attached hydrogen (secondary N) is 2. The molecule has 0 heterocycles. The lowest BCUT2D eigenvalue weighted by Crippen LogP contribution is -2.56. The van der Waals surface area contributed by atoms with Gasteiger partial charge < -0.3 is 34.7 Å². The van der Waals surface area contributed by atoms with E-state index in [4.69, 9.17) is 18.9 Å². The monoisotopic (exact) mass is 744 g/mol. The number of methoxy groups -OCH3 is 1. The summed E-state index contributed by atoms with van der Waals surface area (Å²) in [5.74, 6) is -3.82. The first-order chi connectivity index (χ1) is 24.1. The van der Waals surface area contributed by atoms with E-state index in [1.807, 2.05) is 38.1 Å². The van der Waals surface area contributed by atoms with E-state index in [1.54, 1.807) is 66.7 Å². The first-order valence-corrected chi connectivity index (χ1v) is 17.2. The number of ketones is 1. The molecule has 0 saturated heterocycles. The molecule has 1 fully saturated rings. The number of carbonyl (C=O) groups excluding carboxylic acids is 3. The fourth-order valence-corrected chi connectivity index (χ4v) is 6.63. The lowest BCUT2D eigenvalue weighted by atomic mass is 9.61. The minimum atomic E-state index is -1.82. The number of carbonyl (C=O) groups is 3. The molecule has 10 nitrogen and oxygen atoms in total. The number of para-hydroxylation sites is 4. The van der Waals surface area contributed by atoms with Gasteiger partial charge in [-0.3, -0.25) is 14.4 Å². The Morgan fingerprint density at radius 1 is 0.800 bits per heavy atom. The summed E-state index contributed by atoms with van der Waals surface area (Å²) in [6, 6.07) is 26.6. The average Bonchev–Trinajstić information content (AvgIpc) is 3.09. The van der Waals surface area contributed by atoms with Gasteiger partial charge in [-0.05, 0) is 80.4 Å². The third kappa shape index (κ3) is 8.28. The van der Waals surface area contributed by atoms with Crippen molar-refractivity contribution in [2.24, 2.45) is 11.8 Å². The maximum absolute atomic E-state index is 14.4. The largest absolute Gasteiger partial charge is 0.493 e. The molecule has 1 aliphatic rings. The molecule has 4 aromatic rings. The molecule has 4 atom stereocenters. The number of hydrogen-bond acceptors (Lipinski definition) is 8. The van der Waals surface area contributed by atoms with Gasteiger partial charge in [0.25, 0.3) is 0 Å². The van der Waals surface area contributed by atoms with Crippen molar-refractivity contribution < 1.29 is 38.4 Å². The van der Waals surface area contributed by atoms with E-state index in [0.29, 0.717) is 53.2 Å². The molecular formula is C39H41BrN2O8. The topological polar surface area (TPSA) is 132 Å². The zero-order valence-corrected chi connectivity index (χ0v) is 30.0. The predicted octanol–water partition coefficient (Wildman–Crippen LogP) is 7.15. The Labute approximate surface area is 300 Å². The van der Waals surface area contributed by atoms with Crippen LogP contribution >= 0.6 is 15.9 Å². The van der Waals surface area contributed by atoms with Crippen LogP contribution in [-0.2, 0) is 21.0 Å². The molecule has 4 unspecified atom stereocenters. The number of rotatable bonds is 13. The van der Waals surface area contributed by atoms with Crippen molar-refractivity contribution in [2.45, 2.75) is 45.3 Å². The maximum atomic E-state index is 14.4. The van der Waals surface area contributed by atoms with Crippen LogP contribution in [0.25, 0.3) is 0 Å². The third-order valence-electron chi connectivity index (χ3n) is 8.60. The summed E-state index contributed by atoms with van der Waals surface area (Å²) >= 11 is 3.44. The Hall–Kier alpha value is -4.87. The highest BCUT2D eigenvalue weighted by Gasteiger charge is 2.56. The Morgan fingerprint density at radius 2 is 1.38 bits per heavy atom. The zero-order chi connectivity index (χ0) is 35.8. The molecule has 5 rings (SSSR count). The second-order valence-electron chi connectivity index (χ2n) is 12.1. The van der Waals surface area contributed by atoms with E-state index in [2.05, 4.69) is 26.6 Å². The Kier molecular flexibility index (Phi) is 11.8. The zero-order valence-electron chi connectivity index (χ0n) is 28.4. The highest BCUT2D eigenvalue weighted by molar-refractivity contribution is 9.10.